The van der Waals surface area contributed by atoms with E-state index in [9.17, 15) is 14.0 Å². The molecule has 250 valence electrons. The van der Waals surface area contributed by atoms with Gasteiger partial charge in [0.15, 0.2) is 6.73 Å². The number of hydrogen-bond donors (Lipinski definition) is 0. The molecule has 0 saturated carbocycles. The Kier molecular flexibility index (Phi) is 12.1. The largest absolute Gasteiger partial charge is 0.444 e. The van der Waals surface area contributed by atoms with Gasteiger partial charge < -0.3 is 9.64 Å². The zero-order chi connectivity index (χ0) is 32.5. The summed E-state index contributed by atoms with van der Waals surface area (Å²) in [5, 5.41) is 3.16. The molecule has 2 aromatic carbocycles. The normalized spacial score (nSPS) is 16.7. The number of thiophene rings is 1. The van der Waals surface area contributed by atoms with Gasteiger partial charge in [0, 0.05) is 66.8 Å². The van der Waals surface area contributed by atoms with Gasteiger partial charge in [-0.1, -0.05) is 84.3 Å². The lowest BCUT2D eigenvalue weighted by Crippen LogP contribution is -2.47. The molecular formula is C38H52FN3O3S. The van der Waals surface area contributed by atoms with Crippen LogP contribution in [0.5, 0.6) is 0 Å². The number of carbonyl (C=O) groups excluding carboxylic acids is 2. The smallest absolute Gasteiger partial charge is 0.307 e. The van der Waals surface area contributed by atoms with Gasteiger partial charge in [0.1, 0.15) is 5.82 Å². The summed E-state index contributed by atoms with van der Waals surface area (Å²) in [4.78, 5) is 32.3. The van der Waals surface area contributed by atoms with Gasteiger partial charge >= 0.3 is 5.97 Å². The fourth-order valence-electron chi connectivity index (χ4n) is 6.94. The number of benzene rings is 2. The zero-order valence-electron chi connectivity index (χ0n) is 28.1. The van der Waals surface area contributed by atoms with Crippen LogP contribution in [0.15, 0.2) is 41.8 Å². The van der Waals surface area contributed by atoms with Crippen molar-refractivity contribution < 1.29 is 18.7 Å². The zero-order valence-corrected chi connectivity index (χ0v) is 28.9. The Morgan fingerprint density at radius 3 is 2.37 bits per heavy atom. The van der Waals surface area contributed by atoms with Crippen LogP contribution in [-0.2, 0) is 26.2 Å². The lowest BCUT2D eigenvalue weighted by atomic mass is 9.77. The van der Waals surface area contributed by atoms with E-state index in [2.05, 4.69) is 54.8 Å². The van der Waals surface area contributed by atoms with E-state index in [1.807, 2.05) is 5.38 Å². The molecule has 0 spiro atoms. The van der Waals surface area contributed by atoms with Gasteiger partial charge in [0.25, 0.3) is 0 Å². The molecule has 1 saturated heterocycles. The number of halogens is 1. The fourth-order valence-corrected chi connectivity index (χ4v) is 7.77. The number of anilines is 2. The summed E-state index contributed by atoms with van der Waals surface area (Å²) < 4.78 is 20.9. The maximum atomic E-state index is 14.3. The minimum absolute atomic E-state index is 0.00118. The molecule has 0 bridgehead atoms. The first kappa shape index (κ1) is 34.4. The number of ether oxygens (including phenoxy) is 1. The topological polar surface area (TPSA) is 53.1 Å². The van der Waals surface area contributed by atoms with Gasteiger partial charge in [-0.15, -0.1) is 11.3 Å². The van der Waals surface area contributed by atoms with E-state index in [-0.39, 0.29) is 29.8 Å². The molecule has 46 heavy (non-hydrogen) atoms. The minimum atomic E-state index is -0.275. The number of unbranched alkanes of at least 4 members (excludes halogenated alkanes) is 8. The first-order valence-corrected chi connectivity index (χ1v) is 18.4. The lowest BCUT2D eigenvalue weighted by Gasteiger charge is -2.38. The van der Waals surface area contributed by atoms with Gasteiger partial charge in [-0.2, -0.15) is 0 Å². The van der Waals surface area contributed by atoms with Crippen LogP contribution in [0, 0.1) is 5.82 Å². The number of rotatable bonds is 16. The molecule has 0 aliphatic carbocycles. The molecule has 0 unspecified atom stereocenters. The Morgan fingerprint density at radius 1 is 0.913 bits per heavy atom. The van der Waals surface area contributed by atoms with Crippen LogP contribution >= 0.6 is 11.3 Å². The Morgan fingerprint density at radius 2 is 1.63 bits per heavy atom. The minimum Gasteiger partial charge on any atom is -0.444 e. The van der Waals surface area contributed by atoms with Crippen molar-refractivity contribution in [2.75, 3.05) is 49.3 Å². The number of esters is 1. The summed E-state index contributed by atoms with van der Waals surface area (Å²) in [6, 6.07) is 11.8. The molecule has 2 aliphatic heterocycles. The van der Waals surface area contributed by atoms with Crippen molar-refractivity contribution in [3.63, 3.8) is 0 Å². The predicted molar refractivity (Wildman–Crippen MR) is 189 cm³/mol. The molecule has 0 atom stereocenters. The summed E-state index contributed by atoms with van der Waals surface area (Å²) in [7, 11) is 0. The van der Waals surface area contributed by atoms with Crippen molar-refractivity contribution in [3.8, 4) is 0 Å². The number of carbonyl (C=O) groups is 2. The average Bonchev–Trinajstić information content (AvgIpc) is 3.51. The van der Waals surface area contributed by atoms with Crippen molar-refractivity contribution in [1.29, 1.82) is 0 Å². The Bertz CT molecular complexity index is 1460. The summed E-state index contributed by atoms with van der Waals surface area (Å²) in [5.41, 5.74) is 3.87. The second kappa shape index (κ2) is 16.2. The van der Waals surface area contributed by atoms with Gasteiger partial charge in [-0.05, 0) is 53.6 Å². The Hall–Kier alpha value is -2.97. The van der Waals surface area contributed by atoms with Gasteiger partial charge in [-0.3, -0.25) is 19.4 Å². The SMILES string of the molecule is CCCCCCCCCCCC(=O)OCN1C(=O)CC(C)(C)c2ccc(CCN3CCN(c4cc(F)cc5sccc45)CC3)cc21. The van der Waals surface area contributed by atoms with Crippen LogP contribution in [0.4, 0.5) is 15.8 Å². The highest BCUT2D eigenvalue weighted by Gasteiger charge is 2.37. The van der Waals surface area contributed by atoms with Crippen molar-refractivity contribution >= 4 is 44.7 Å². The van der Waals surface area contributed by atoms with E-state index in [0.717, 1.165) is 85.4 Å². The third-order valence-electron chi connectivity index (χ3n) is 9.76. The molecule has 2 aliphatic rings. The second-order valence-electron chi connectivity index (χ2n) is 13.8. The molecule has 6 nitrogen and oxygen atoms in total. The molecule has 1 fully saturated rings. The third-order valence-corrected chi connectivity index (χ3v) is 10.6. The van der Waals surface area contributed by atoms with Crippen LogP contribution in [-0.4, -0.2) is 56.2 Å². The van der Waals surface area contributed by atoms with E-state index in [1.54, 1.807) is 28.4 Å². The van der Waals surface area contributed by atoms with Crippen LogP contribution in [0.25, 0.3) is 10.1 Å². The van der Waals surface area contributed by atoms with Crippen LogP contribution < -0.4 is 9.80 Å². The quantitative estimate of drug-likeness (QED) is 0.115. The molecule has 1 amide bonds. The first-order valence-electron chi connectivity index (χ1n) is 17.5. The highest BCUT2D eigenvalue weighted by Crippen LogP contribution is 2.41. The highest BCUT2D eigenvalue weighted by molar-refractivity contribution is 7.17. The highest BCUT2D eigenvalue weighted by atomic mass is 32.1. The van der Waals surface area contributed by atoms with Crippen LogP contribution in [0.3, 0.4) is 0 Å². The Labute approximate surface area is 278 Å². The summed E-state index contributed by atoms with van der Waals surface area (Å²) in [5.74, 6) is -0.404. The van der Waals surface area contributed by atoms with Crippen molar-refractivity contribution in [1.82, 2.24) is 4.90 Å². The van der Waals surface area contributed by atoms with Gasteiger partial charge in [-0.25, -0.2) is 4.39 Å². The summed E-state index contributed by atoms with van der Waals surface area (Å²) in [6.45, 7) is 10.9. The number of fused-ring (bicyclic) bond motifs is 2. The molecule has 5 rings (SSSR count). The van der Waals surface area contributed by atoms with Crippen LogP contribution in [0.2, 0.25) is 0 Å². The average molecular weight is 650 g/mol. The summed E-state index contributed by atoms with van der Waals surface area (Å²) in [6.07, 6.45) is 12.5. The Balaban J connectivity index is 1.11. The standard InChI is InChI=1S/C38H52FN3O3S/c1-4-5-6-7-8-9-10-11-12-13-37(44)45-28-42-34-24-29(14-15-32(34)38(2,3)27-36(42)43)16-18-40-19-21-41(22-20-40)33-25-30(39)26-35-31(33)17-23-46-35/h14-15,17,23-26H,4-13,16,18-22,27-28H2,1-3H3. The third kappa shape index (κ3) is 8.88. The molecular weight excluding hydrogens is 598 g/mol. The predicted octanol–water partition coefficient (Wildman–Crippen LogP) is 8.84. The second-order valence-corrected chi connectivity index (χ2v) is 14.7. The molecule has 0 N–H and O–H groups in total. The van der Waals surface area contributed by atoms with Crippen molar-refractivity contribution in [2.45, 2.75) is 103 Å². The molecule has 8 heteroatoms. The number of amides is 1. The fraction of sp³-hybridized carbons (Fsp3) is 0.579. The van der Waals surface area contributed by atoms with E-state index in [1.165, 1.54) is 44.1 Å². The van der Waals surface area contributed by atoms with Gasteiger partial charge in [0.2, 0.25) is 5.91 Å². The molecule has 1 aromatic heterocycles. The monoisotopic (exact) mass is 649 g/mol. The molecule has 3 heterocycles. The first-order chi connectivity index (χ1) is 22.2. The van der Waals surface area contributed by atoms with Gasteiger partial charge in [0.05, 0.1) is 5.69 Å². The number of hydrogen-bond acceptors (Lipinski definition) is 6. The maximum Gasteiger partial charge on any atom is 0.307 e. The molecule has 0 radical (unpaired) electrons. The molecule has 3 aromatic rings. The van der Waals surface area contributed by atoms with E-state index >= 15 is 0 Å². The summed E-state index contributed by atoms with van der Waals surface area (Å²) >= 11 is 1.58. The number of nitrogens with zero attached hydrogens (tertiary/aromatic N) is 3. The van der Waals surface area contributed by atoms with Crippen LogP contribution in [0.1, 0.15) is 103 Å². The van der Waals surface area contributed by atoms with Crippen molar-refractivity contribution in [2.24, 2.45) is 0 Å². The maximum absolute atomic E-state index is 14.3. The number of piperazine rings is 1. The van der Waals surface area contributed by atoms with E-state index in [0.29, 0.717) is 12.8 Å². The van der Waals surface area contributed by atoms with Crippen molar-refractivity contribution in [3.05, 3.63) is 58.7 Å². The van der Waals surface area contributed by atoms with E-state index in [4.69, 9.17) is 4.74 Å². The van der Waals surface area contributed by atoms with E-state index < -0.39 is 0 Å². The lowest BCUT2D eigenvalue weighted by molar-refractivity contribution is -0.144.